The highest BCUT2D eigenvalue weighted by molar-refractivity contribution is 6.05. The van der Waals surface area contributed by atoms with Gasteiger partial charge in [0.25, 0.3) is 11.5 Å². The molecule has 2 heterocycles. The van der Waals surface area contributed by atoms with Crippen LogP contribution in [-0.4, -0.2) is 51.9 Å². The van der Waals surface area contributed by atoms with E-state index in [-0.39, 0.29) is 29.4 Å². The number of aliphatic hydroxyl groups is 1. The molecule has 0 aliphatic carbocycles. The van der Waals surface area contributed by atoms with Crippen molar-refractivity contribution in [2.45, 2.75) is 46.0 Å². The highest BCUT2D eigenvalue weighted by atomic mass is 16.5. The molecule has 0 atom stereocenters. The van der Waals surface area contributed by atoms with Crippen molar-refractivity contribution in [2.24, 2.45) is 13.0 Å². The second kappa shape index (κ2) is 13.7. The zero-order valence-electron chi connectivity index (χ0n) is 26.8. The predicted octanol–water partition coefficient (Wildman–Crippen LogP) is 6.09. The van der Waals surface area contributed by atoms with Gasteiger partial charge in [0.2, 0.25) is 0 Å². The number of rotatable bonds is 9. The predicted molar refractivity (Wildman–Crippen MR) is 179 cm³/mol. The third-order valence-corrected chi connectivity index (χ3v) is 8.45. The van der Waals surface area contributed by atoms with Crippen molar-refractivity contribution >= 4 is 23.1 Å². The van der Waals surface area contributed by atoms with Crippen molar-refractivity contribution in [1.82, 2.24) is 14.5 Å². The summed E-state index contributed by atoms with van der Waals surface area (Å²) in [5.74, 6) is 1.24. The van der Waals surface area contributed by atoms with Gasteiger partial charge in [-0.1, -0.05) is 45.0 Å². The smallest absolute Gasteiger partial charge is 0.293 e. The summed E-state index contributed by atoms with van der Waals surface area (Å²) in [6, 6.07) is 20.8. The number of nitrogens with zero attached hydrogens (tertiary/aromatic N) is 3. The summed E-state index contributed by atoms with van der Waals surface area (Å²) in [6.45, 7) is 10.9. The molecule has 0 spiro atoms. The topological polar surface area (TPSA) is 109 Å². The number of carbonyl (C=O) groups is 1. The van der Waals surface area contributed by atoms with Crippen molar-refractivity contribution in [3.05, 3.63) is 100.0 Å². The minimum Gasteiger partial charge on any atom is -0.493 e. The third-order valence-electron chi connectivity index (χ3n) is 8.45. The number of likely N-dealkylation sites (tertiary alicyclic amines) is 1. The molecule has 9 heteroatoms. The molecule has 1 aromatic heterocycles. The highest BCUT2D eigenvalue weighted by Crippen LogP contribution is 2.29. The molecule has 45 heavy (non-hydrogen) atoms. The number of aromatic nitrogens is 2. The van der Waals surface area contributed by atoms with Gasteiger partial charge in [-0.25, -0.2) is 4.98 Å². The highest BCUT2D eigenvalue weighted by Gasteiger charge is 2.19. The zero-order valence-corrected chi connectivity index (χ0v) is 26.8. The summed E-state index contributed by atoms with van der Waals surface area (Å²) in [6.07, 6.45) is 3.71. The summed E-state index contributed by atoms with van der Waals surface area (Å²) in [5, 5.41) is 15.5. The van der Waals surface area contributed by atoms with E-state index >= 15 is 0 Å². The molecular formula is C36H43N5O4. The van der Waals surface area contributed by atoms with Crippen molar-refractivity contribution < 1.29 is 14.6 Å². The van der Waals surface area contributed by atoms with Crippen LogP contribution in [-0.2, 0) is 12.5 Å². The van der Waals surface area contributed by atoms with Gasteiger partial charge in [-0.3, -0.25) is 14.5 Å². The minimum atomic E-state index is -0.255. The van der Waals surface area contributed by atoms with Crippen molar-refractivity contribution in [2.75, 3.05) is 37.1 Å². The number of benzene rings is 3. The molecule has 0 bridgehead atoms. The summed E-state index contributed by atoms with van der Waals surface area (Å²) in [4.78, 5) is 32.9. The molecule has 4 aromatic rings. The van der Waals surface area contributed by atoms with Gasteiger partial charge < -0.3 is 25.0 Å². The molecule has 1 aliphatic rings. The van der Waals surface area contributed by atoms with Crippen LogP contribution in [0.25, 0.3) is 11.3 Å². The molecule has 0 radical (unpaired) electrons. The Morgan fingerprint density at radius 1 is 1.02 bits per heavy atom. The van der Waals surface area contributed by atoms with Crippen LogP contribution in [0.1, 0.15) is 55.1 Å². The van der Waals surface area contributed by atoms with E-state index in [1.54, 1.807) is 13.2 Å². The van der Waals surface area contributed by atoms with E-state index in [1.165, 1.54) is 4.57 Å². The molecule has 1 amide bonds. The lowest BCUT2D eigenvalue weighted by atomic mass is 9.86. The van der Waals surface area contributed by atoms with Crippen LogP contribution in [0.5, 0.6) is 5.75 Å². The maximum atomic E-state index is 13.1. The van der Waals surface area contributed by atoms with Crippen molar-refractivity contribution in [1.29, 1.82) is 0 Å². The monoisotopic (exact) mass is 609 g/mol. The van der Waals surface area contributed by atoms with E-state index < -0.39 is 0 Å². The molecule has 5 rings (SSSR count). The quantitative estimate of drug-likeness (QED) is 0.211. The molecule has 0 saturated carbocycles. The molecule has 1 fully saturated rings. The van der Waals surface area contributed by atoms with Crippen LogP contribution in [0, 0.1) is 12.8 Å². The van der Waals surface area contributed by atoms with Gasteiger partial charge >= 0.3 is 0 Å². The standard InChI is InChI=1S/C36H43N5O4/c1-24-30(7-6-8-31(24)39-34(43)26-9-11-27(12-10-26)36(2,3)4)32-21-40(5)35(44)33(38-32)37-28-13-15-29(16-14-28)45-22-25-17-19-41(23-42)20-18-25/h6-16,21,25,42H,17-20,22-23H2,1-5H3,(H,37,38)(H,39,43). The number of ether oxygens (including phenoxy) is 1. The first-order valence-corrected chi connectivity index (χ1v) is 15.4. The number of aliphatic hydroxyl groups excluding tert-OH is 1. The third kappa shape index (κ3) is 7.79. The molecule has 0 unspecified atom stereocenters. The fourth-order valence-corrected chi connectivity index (χ4v) is 5.46. The lowest BCUT2D eigenvalue weighted by Gasteiger charge is -2.30. The van der Waals surface area contributed by atoms with Crippen molar-refractivity contribution in [3.63, 3.8) is 0 Å². The van der Waals surface area contributed by atoms with E-state index in [1.807, 2.05) is 78.6 Å². The second-order valence-electron chi connectivity index (χ2n) is 12.8. The van der Waals surface area contributed by atoms with Crippen LogP contribution in [0.3, 0.4) is 0 Å². The SMILES string of the molecule is Cc1c(NC(=O)c2ccc(C(C)(C)C)cc2)cccc1-c1cn(C)c(=O)c(Nc2ccc(OCC3CCN(CO)CC3)cc2)n1. The number of carbonyl (C=O) groups excluding carboxylic acids is 1. The maximum absolute atomic E-state index is 13.1. The molecule has 1 aliphatic heterocycles. The van der Waals surface area contributed by atoms with Crippen LogP contribution in [0.2, 0.25) is 0 Å². The van der Waals surface area contributed by atoms with E-state index in [2.05, 4.69) is 31.4 Å². The van der Waals surface area contributed by atoms with Crippen molar-refractivity contribution in [3.8, 4) is 17.0 Å². The van der Waals surface area contributed by atoms with E-state index in [9.17, 15) is 14.7 Å². The minimum absolute atomic E-state index is 0.00801. The lowest BCUT2D eigenvalue weighted by Crippen LogP contribution is -2.36. The Morgan fingerprint density at radius 2 is 1.71 bits per heavy atom. The summed E-state index contributed by atoms with van der Waals surface area (Å²) < 4.78 is 7.52. The first-order chi connectivity index (χ1) is 21.5. The normalized spacial score (nSPS) is 14.3. The number of aryl methyl sites for hydroxylation is 1. The number of amides is 1. The van der Waals surface area contributed by atoms with E-state index in [4.69, 9.17) is 9.72 Å². The maximum Gasteiger partial charge on any atom is 0.293 e. The molecule has 3 aromatic carbocycles. The summed E-state index contributed by atoms with van der Waals surface area (Å²) in [7, 11) is 1.70. The average molecular weight is 610 g/mol. The average Bonchev–Trinajstić information content (AvgIpc) is 3.03. The Balaban J connectivity index is 1.28. The first kappa shape index (κ1) is 31.9. The van der Waals surface area contributed by atoms with Gasteiger partial charge in [0.1, 0.15) is 5.75 Å². The Kier molecular flexibility index (Phi) is 9.70. The number of piperidine rings is 1. The fourth-order valence-electron chi connectivity index (χ4n) is 5.46. The van der Waals surface area contributed by atoms with Crippen LogP contribution >= 0.6 is 0 Å². The number of hydrogen-bond donors (Lipinski definition) is 3. The zero-order chi connectivity index (χ0) is 32.1. The number of hydrogen-bond acceptors (Lipinski definition) is 7. The lowest BCUT2D eigenvalue weighted by molar-refractivity contribution is 0.0622. The fraction of sp³-hybridized carbons (Fsp3) is 0.361. The van der Waals surface area contributed by atoms with E-state index in [0.717, 1.165) is 54.1 Å². The van der Waals surface area contributed by atoms with Crippen LogP contribution in [0.15, 0.2) is 77.7 Å². The Hall–Kier alpha value is -4.47. The van der Waals surface area contributed by atoms with Gasteiger partial charge in [0, 0.05) is 48.8 Å². The van der Waals surface area contributed by atoms with Crippen LogP contribution < -0.4 is 20.9 Å². The molecule has 9 nitrogen and oxygen atoms in total. The summed E-state index contributed by atoms with van der Waals surface area (Å²) >= 11 is 0. The van der Waals surface area contributed by atoms with Gasteiger partial charge in [-0.15, -0.1) is 0 Å². The number of anilines is 3. The molecule has 1 saturated heterocycles. The van der Waals surface area contributed by atoms with Gasteiger partial charge in [0.15, 0.2) is 5.82 Å². The Bertz CT molecular complexity index is 1680. The van der Waals surface area contributed by atoms with Gasteiger partial charge in [-0.05, 0) is 84.7 Å². The Morgan fingerprint density at radius 3 is 2.36 bits per heavy atom. The Labute approximate surface area is 264 Å². The number of nitrogens with one attached hydrogen (secondary N) is 2. The second-order valence-corrected chi connectivity index (χ2v) is 12.8. The first-order valence-electron chi connectivity index (χ1n) is 15.4. The van der Waals surface area contributed by atoms with Gasteiger partial charge in [0.05, 0.1) is 19.0 Å². The van der Waals surface area contributed by atoms with E-state index in [0.29, 0.717) is 29.5 Å². The van der Waals surface area contributed by atoms with Gasteiger partial charge in [-0.2, -0.15) is 0 Å². The molecule has 3 N–H and O–H groups in total. The van der Waals surface area contributed by atoms with Crippen LogP contribution in [0.4, 0.5) is 17.2 Å². The molecular weight excluding hydrogens is 566 g/mol. The largest absolute Gasteiger partial charge is 0.493 e. The molecule has 236 valence electrons. The summed E-state index contributed by atoms with van der Waals surface area (Å²) in [5.41, 5.74) is 5.16.